The van der Waals surface area contributed by atoms with Crippen LogP contribution in [0, 0.1) is 0 Å². The fourth-order valence-electron chi connectivity index (χ4n) is 3.84. The van der Waals surface area contributed by atoms with Crippen LogP contribution in [0.5, 0.6) is 0 Å². The van der Waals surface area contributed by atoms with E-state index in [2.05, 4.69) is 15.6 Å². The lowest BCUT2D eigenvalue weighted by atomic mass is 10.1. The molecule has 1 aromatic heterocycles. The van der Waals surface area contributed by atoms with Gasteiger partial charge in [0.2, 0.25) is 0 Å². The summed E-state index contributed by atoms with van der Waals surface area (Å²) in [6.07, 6.45) is 0.861. The number of carbonyl (C=O) groups is 1. The number of carbonyl (C=O) groups excluding carboxylic acids is 1. The van der Waals surface area contributed by atoms with E-state index in [9.17, 15) is 4.79 Å². The molecule has 0 aliphatic carbocycles. The smallest absolute Gasteiger partial charge is 0.150 e. The summed E-state index contributed by atoms with van der Waals surface area (Å²) >= 11 is 0. The summed E-state index contributed by atoms with van der Waals surface area (Å²) in [5.74, 6) is 5.97. The minimum Gasteiger partial charge on any atom is -0.323 e. The second-order valence-corrected chi connectivity index (χ2v) is 7.08. The third-order valence-corrected chi connectivity index (χ3v) is 5.25. The van der Waals surface area contributed by atoms with Gasteiger partial charge in [-0.3, -0.25) is 10.6 Å². The average molecular weight is 390 g/mol. The number of hydrogen-bond donors (Lipinski definition) is 2. The Labute approximate surface area is 172 Å². The number of benzene rings is 2. The van der Waals surface area contributed by atoms with Crippen LogP contribution in [0.2, 0.25) is 0 Å². The molecule has 0 aliphatic heterocycles. The van der Waals surface area contributed by atoms with Crippen molar-refractivity contribution in [1.29, 1.82) is 0 Å². The van der Waals surface area contributed by atoms with Crippen molar-refractivity contribution in [2.24, 2.45) is 5.84 Å². The Morgan fingerprint density at radius 3 is 2.17 bits per heavy atom. The van der Waals surface area contributed by atoms with Crippen molar-refractivity contribution >= 4 is 33.7 Å². The van der Waals surface area contributed by atoms with Crippen LogP contribution < -0.4 is 16.5 Å². The highest BCUT2D eigenvalue weighted by molar-refractivity contribution is 6.02. The fourth-order valence-corrected chi connectivity index (χ4v) is 3.84. The van der Waals surface area contributed by atoms with E-state index < -0.39 is 0 Å². The molecule has 0 atom stereocenters. The first-order chi connectivity index (χ1) is 14.8. The maximum Gasteiger partial charge on any atom is 0.150 e. The van der Waals surface area contributed by atoms with E-state index in [1.54, 1.807) is 0 Å². The van der Waals surface area contributed by atoms with Gasteiger partial charge in [-0.05, 0) is 40.6 Å². The highest BCUT2D eigenvalue weighted by Crippen LogP contribution is 2.28. The molecule has 5 nitrogen and oxygen atoms in total. The molecule has 0 aliphatic rings. The predicted molar refractivity (Wildman–Crippen MR) is 119 cm³/mol. The van der Waals surface area contributed by atoms with Crippen molar-refractivity contribution in [3.05, 3.63) is 101 Å². The standard InChI is InChI=1S/C25H18N4O/c26-27-23(17-7-3-1-4-8-17)21-13-19-11-16(15-30)12-20(19)14-22-24(28-29-25(21)22)18-9-5-2-6-10-18/h1-15,27H,26H2. The van der Waals surface area contributed by atoms with Crippen LogP contribution in [0.3, 0.4) is 0 Å². The van der Waals surface area contributed by atoms with E-state index >= 15 is 0 Å². The zero-order valence-corrected chi connectivity index (χ0v) is 16.0. The molecule has 30 heavy (non-hydrogen) atoms. The number of fused-ring (bicyclic) bond motifs is 2. The number of hydrogen-bond acceptors (Lipinski definition) is 5. The zero-order chi connectivity index (χ0) is 20.5. The molecule has 0 saturated heterocycles. The molecule has 5 aromatic rings. The number of aromatic nitrogens is 2. The topological polar surface area (TPSA) is 80.9 Å². The largest absolute Gasteiger partial charge is 0.323 e. The SMILES string of the molecule is NNC(c1ccccc1)=c1cc2cc(C=O)cc2cc2c(-c3ccccc3)nnc12. The highest BCUT2D eigenvalue weighted by Gasteiger charge is 2.14. The Hall–Kier alpha value is -4.09. The Balaban J connectivity index is 1.98. The maximum atomic E-state index is 11.4. The summed E-state index contributed by atoms with van der Waals surface area (Å²) < 4.78 is 0. The first kappa shape index (κ1) is 18.0. The lowest BCUT2D eigenvalue weighted by Crippen LogP contribution is -2.27. The van der Waals surface area contributed by atoms with Gasteiger partial charge in [-0.1, -0.05) is 60.7 Å². The molecule has 3 N–H and O–H groups in total. The summed E-state index contributed by atoms with van der Waals surface area (Å²) in [7, 11) is 0. The molecule has 144 valence electrons. The average Bonchev–Trinajstić information content (AvgIpc) is 3.36. The van der Waals surface area contributed by atoms with Crippen molar-refractivity contribution < 1.29 is 4.79 Å². The van der Waals surface area contributed by atoms with E-state index in [1.807, 2.05) is 84.9 Å². The van der Waals surface area contributed by atoms with Crippen LogP contribution in [0.1, 0.15) is 15.9 Å². The first-order valence-corrected chi connectivity index (χ1v) is 9.59. The molecule has 0 saturated carbocycles. The van der Waals surface area contributed by atoms with Crippen molar-refractivity contribution in [2.75, 3.05) is 0 Å². The maximum absolute atomic E-state index is 11.4. The van der Waals surface area contributed by atoms with E-state index in [-0.39, 0.29) is 0 Å². The van der Waals surface area contributed by atoms with Crippen LogP contribution in [0.15, 0.2) is 84.9 Å². The third-order valence-electron chi connectivity index (χ3n) is 5.25. The normalized spacial score (nSPS) is 12.2. The molecule has 5 heteroatoms. The molecule has 0 spiro atoms. The summed E-state index contributed by atoms with van der Waals surface area (Å²) in [6.45, 7) is 0. The lowest BCUT2D eigenvalue weighted by Gasteiger charge is -2.06. The number of nitrogens with two attached hydrogens (primary N) is 1. The third kappa shape index (κ3) is 2.98. The molecule has 0 unspecified atom stereocenters. The molecular weight excluding hydrogens is 372 g/mol. The van der Waals surface area contributed by atoms with E-state index in [1.165, 1.54) is 0 Å². The fraction of sp³-hybridized carbons (Fsp3) is 0. The number of hydrazine groups is 1. The predicted octanol–water partition coefficient (Wildman–Crippen LogP) is 3.60. The molecule has 0 fully saturated rings. The minimum absolute atomic E-state index is 0.631. The zero-order valence-electron chi connectivity index (χ0n) is 16.0. The van der Waals surface area contributed by atoms with E-state index in [0.717, 1.165) is 55.7 Å². The molecular formula is C25H18N4O. The molecule has 0 amide bonds. The summed E-state index contributed by atoms with van der Waals surface area (Å²) in [4.78, 5) is 11.4. The van der Waals surface area contributed by atoms with Gasteiger partial charge in [0.25, 0.3) is 0 Å². The van der Waals surface area contributed by atoms with Gasteiger partial charge in [0.15, 0.2) is 0 Å². The molecule has 0 bridgehead atoms. The van der Waals surface area contributed by atoms with Crippen molar-refractivity contribution in [3.8, 4) is 11.3 Å². The van der Waals surface area contributed by atoms with Gasteiger partial charge in [0, 0.05) is 21.7 Å². The van der Waals surface area contributed by atoms with E-state index in [4.69, 9.17) is 5.84 Å². The van der Waals surface area contributed by atoms with Crippen LogP contribution in [0.25, 0.3) is 38.6 Å². The van der Waals surface area contributed by atoms with Gasteiger partial charge >= 0.3 is 0 Å². The van der Waals surface area contributed by atoms with Crippen molar-refractivity contribution in [1.82, 2.24) is 15.6 Å². The van der Waals surface area contributed by atoms with Crippen LogP contribution >= 0.6 is 0 Å². The van der Waals surface area contributed by atoms with Gasteiger partial charge in [0.05, 0.1) is 5.70 Å². The van der Waals surface area contributed by atoms with Crippen LogP contribution in [0.4, 0.5) is 0 Å². The number of rotatable bonds is 4. The Bertz CT molecular complexity index is 1430. The summed E-state index contributed by atoms with van der Waals surface area (Å²) in [5.41, 5.74) is 7.68. The number of nitrogens with zero attached hydrogens (tertiary/aromatic N) is 2. The second kappa shape index (κ2) is 7.39. The molecule has 5 rings (SSSR count). The summed E-state index contributed by atoms with van der Waals surface area (Å²) in [6, 6.07) is 27.6. The molecule has 4 aromatic carbocycles. The van der Waals surface area contributed by atoms with Gasteiger partial charge < -0.3 is 5.43 Å². The van der Waals surface area contributed by atoms with Crippen LogP contribution in [-0.2, 0) is 0 Å². The van der Waals surface area contributed by atoms with Crippen molar-refractivity contribution in [3.63, 3.8) is 0 Å². The number of aldehydes is 1. The Kier molecular flexibility index (Phi) is 4.42. The second-order valence-electron chi connectivity index (χ2n) is 7.08. The van der Waals surface area contributed by atoms with Crippen molar-refractivity contribution in [2.45, 2.75) is 0 Å². The Morgan fingerprint density at radius 2 is 1.50 bits per heavy atom. The first-order valence-electron chi connectivity index (χ1n) is 9.59. The quantitative estimate of drug-likeness (QED) is 0.278. The van der Waals surface area contributed by atoms with Gasteiger partial charge in [-0.2, -0.15) is 0 Å². The van der Waals surface area contributed by atoms with Gasteiger partial charge in [-0.15, -0.1) is 10.2 Å². The molecule has 0 radical (unpaired) electrons. The highest BCUT2D eigenvalue weighted by atomic mass is 16.1. The van der Waals surface area contributed by atoms with Gasteiger partial charge in [0.1, 0.15) is 17.5 Å². The lowest BCUT2D eigenvalue weighted by molar-refractivity contribution is 0.112. The van der Waals surface area contributed by atoms with Crippen LogP contribution in [-0.4, -0.2) is 16.5 Å². The molecule has 1 heterocycles. The minimum atomic E-state index is 0.631. The monoisotopic (exact) mass is 390 g/mol. The number of nitrogens with one attached hydrogen (secondary N) is 1. The Morgan fingerprint density at radius 1 is 0.833 bits per heavy atom. The van der Waals surface area contributed by atoms with E-state index in [0.29, 0.717) is 5.56 Å². The summed E-state index contributed by atoms with van der Waals surface area (Å²) in [5, 5.41) is 12.6. The van der Waals surface area contributed by atoms with Gasteiger partial charge in [-0.25, -0.2) is 0 Å².